The third-order valence-electron chi connectivity index (χ3n) is 3.74. The van der Waals surface area contributed by atoms with Gasteiger partial charge in [0.05, 0.1) is 11.9 Å². The van der Waals surface area contributed by atoms with Crippen molar-refractivity contribution < 1.29 is 14.1 Å². The molecule has 0 radical (unpaired) electrons. The molecule has 8 nitrogen and oxygen atoms in total. The van der Waals surface area contributed by atoms with E-state index < -0.39 is 0 Å². The van der Waals surface area contributed by atoms with Gasteiger partial charge in [-0.25, -0.2) is 0 Å². The van der Waals surface area contributed by atoms with E-state index in [0.717, 1.165) is 25.3 Å². The second-order valence-corrected chi connectivity index (χ2v) is 5.37. The molecule has 1 fully saturated rings. The Morgan fingerprint density at radius 1 is 1.22 bits per heavy atom. The maximum Gasteiger partial charge on any atom is 0.292 e. The minimum atomic E-state index is -0.103. The van der Waals surface area contributed by atoms with Crippen molar-refractivity contribution in [1.82, 2.24) is 25.2 Å². The van der Waals surface area contributed by atoms with Gasteiger partial charge < -0.3 is 14.2 Å². The topological polar surface area (TPSA) is 84.6 Å². The second kappa shape index (κ2) is 7.19. The summed E-state index contributed by atoms with van der Waals surface area (Å²) in [5, 5.41) is 11.5. The Balaban J connectivity index is 1.39. The van der Waals surface area contributed by atoms with E-state index in [1.807, 2.05) is 19.1 Å². The van der Waals surface area contributed by atoms with Gasteiger partial charge in [0.25, 0.3) is 5.91 Å². The van der Waals surface area contributed by atoms with E-state index in [2.05, 4.69) is 20.3 Å². The van der Waals surface area contributed by atoms with Crippen LogP contribution in [0.3, 0.4) is 0 Å². The van der Waals surface area contributed by atoms with Crippen molar-refractivity contribution in [3.63, 3.8) is 0 Å². The number of carbonyl (C=O) groups is 1. The van der Waals surface area contributed by atoms with Crippen LogP contribution in [-0.4, -0.2) is 70.4 Å². The zero-order valence-corrected chi connectivity index (χ0v) is 13.0. The predicted molar refractivity (Wildman–Crippen MR) is 81.1 cm³/mol. The molecule has 8 heteroatoms. The van der Waals surface area contributed by atoms with Crippen molar-refractivity contribution in [3.8, 4) is 5.88 Å². The minimum Gasteiger partial charge on any atom is -0.475 e. The van der Waals surface area contributed by atoms with Crippen molar-refractivity contribution in [1.29, 1.82) is 0 Å². The Labute approximate surface area is 134 Å². The molecule has 2 aromatic rings. The van der Waals surface area contributed by atoms with Crippen molar-refractivity contribution in [2.45, 2.75) is 6.92 Å². The number of ether oxygens (including phenoxy) is 1. The first-order valence-corrected chi connectivity index (χ1v) is 7.58. The highest BCUT2D eigenvalue weighted by atomic mass is 16.5. The average molecular weight is 317 g/mol. The second-order valence-electron chi connectivity index (χ2n) is 5.37. The maximum atomic E-state index is 12.1. The number of nitrogens with zero attached hydrogens (tertiary/aromatic N) is 5. The molecule has 0 aliphatic carbocycles. The molecule has 3 heterocycles. The molecule has 1 aliphatic heterocycles. The highest BCUT2D eigenvalue weighted by Crippen LogP contribution is 2.09. The lowest BCUT2D eigenvalue weighted by Crippen LogP contribution is -2.49. The molecule has 0 saturated carbocycles. The van der Waals surface area contributed by atoms with Gasteiger partial charge in [-0.1, -0.05) is 5.16 Å². The molecule has 3 rings (SSSR count). The number of hydrogen-bond acceptors (Lipinski definition) is 7. The predicted octanol–water partition coefficient (Wildman–Crippen LogP) is 0.610. The van der Waals surface area contributed by atoms with Crippen LogP contribution in [0, 0.1) is 6.92 Å². The monoisotopic (exact) mass is 317 g/mol. The van der Waals surface area contributed by atoms with Gasteiger partial charge in [0.15, 0.2) is 0 Å². The smallest absolute Gasteiger partial charge is 0.292 e. The summed E-state index contributed by atoms with van der Waals surface area (Å²) < 4.78 is 10.5. The lowest BCUT2D eigenvalue weighted by atomic mass is 10.3. The van der Waals surface area contributed by atoms with Crippen LogP contribution in [0.5, 0.6) is 5.88 Å². The van der Waals surface area contributed by atoms with Crippen LogP contribution < -0.4 is 4.74 Å². The zero-order chi connectivity index (χ0) is 16.1. The molecule has 0 unspecified atom stereocenters. The summed E-state index contributed by atoms with van der Waals surface area (Å²) in [6, 6.07) is 5.28. The van der Waals surface area contributed by atoms with Gasteiger partial charge in [-0.2, -0.15) is 5.10 Å². The van der Waals surface area contributed by atoms with Crippen molar-refractivity contribution in [2.75, 3.05) is 39.3 Å². The SMILES string of the molecule is Cc1ccc(OCCN2CCN(C(=O)c3ccno3)CC2)nn1. The zero-order valence-electron chi connectivity index (χ0n) is 13.0. The quantitative estimate of drug-likeness (QED) is 0.798. The Hall–Kier alpha value is -2.48. The van der Waals surface area contributed by atoms with Crippen LogP contribution in [0.25, 0.3) is 0 Å². The molecule has 0 N–H and O–H groups in total. The number of rotatable bonds is 5. The Morgan fingerprint density at radius 2 is 2.04 bits per heavy atom. The number of hydrogen-bond donors (Lipinski definition) is 0. The molecule has 0 spiro atoms. The van der Waals surface area contributed by atoms with Gasteiger partial charge in [-0.05, 0) is 13.0 Å². The van der Waals surface area contributed by atoms with Gasteiger partial charge in [0.1, 0.15) is 6.61 Å². The summed E-state index contributed by atoms with van der Waals surface area (Å²) in [6.07, 6.45) is 1.48. The lowest BCUT2D eigenvalue weighted by molar-refractivity contribution is 0.0580. The Kier molecular flexibility index (Phi) is 4.82. The summed E-state index contributed by atoms with van der Waals surface area (Å²) in [6.45, 7) is 6.18. The first kappa shape index (κ1) is 15.4. The molecule has 2 aromatic heterocycles. The Morgan fingerprint density at radius 3 is 2.70 bits per heavy atom. The van der Waals surface area contributed by atoms with E-state index in [0.29, 0.717) is 31.3 Å². The molecular formula is C15H19N5O3. The van der Waals surface area contributed by atoms with Gasteiger partial charge in [0.2, 0.25) is 11.6 Å². The van der Waals surface area contributed by atoms with Crippen LogP contribution in [-0.2, 0) is 0 Å². The summed E-state index contributed by atoms with van der Waals surface area (Å²) in [4.78, 5) is 16.2. The van der Waals surface area contributed by atoms with Gasteiger partial charge in [-0.15, -0.1) is 5.10 Å². The number of aryl methyl sites for hydroxylation is 1. The highest BCUT2D eigenvalue weighted by Gasteiger charge is 2.23. The third kappa shape index (κ3) is 4.04. The fraction of sp³-hybridized carbons (Fsp3) is 0.467. The Bertz CT molecular complexity index is 621. The van der Waals surface area contributed by atoms with Crippen LogP contribution in [0.1, 0.15) is 16.2 Å². The molecule has 122 valence electrons. The van der Waals surface area contributed by atoms with E-state index in [1.165, 1.54) is 6.20 Å². The van der Waals surface area contributed by atoms with Gasteiger partial charge in [0, 0.05) is 44.9 Å². The molecule has 23 heavy (non-hydrogen) atoms. The summed E-state index contributed by atoms with van der Waals surface area (Å²) in [5.41, 5.74) is 0.866. The van der Waals surface area contributed by atoms with Crippen molar-refractivity contribution in [3.05, 3.63) is 35.9 Å². The highest BCUT2D eigenvalue weighted by molar-refractivity contribution is 5.91. The van der Waals surface area contributed by atoms with Crippen LogP contribution in [0.4, 0.5) is 0 Å². The number of piperazine rings is 1. The number of amides is 1. The summed E-state index contributed by atoms with van der Waals surface area (Å²) >= 11 is 0. The molecule has 0 atom stereocenters. The van der Waals surface area contributed by atoms with Crippen LogP contribution >= 0.6 is 0 Å². The van der Waals surface area contributed by atoms with Gasteiger partial charge >= 0.3 is 0 Å². The third-order valence-corrected chi connectivity index (χ3v) is 3.74. The van der Waals surface area contributed by atoms with E-state index in [1.54, 1.807) is 11.0 Å². The van der Waals surface area contributed by atoms with Crippen LogP contribution in [0.15, 0.2) is 28.9 Å². The normalized spacial score (nSPS) is 15.6. The summed E-state index contributed by atoms with van der Waals surface area (Å²) in [7, 11) is 0. The fourth-order valence-corrected chi connectivity index (χ4v) is 2.40. The minimum absolute atomic E-state index is 0.103. The molecule has 1 saturated heterocycles. The van der Waals surface area contributed by atoms with Crippen molar-refractivity contribution in [2.24, 2.45) is 0 Å². The summed E-state index contributed by atoms with van der Waals surface area (Å²) in [5.74, 6) is 0.725. The first-order valence-electron chi connectivity index (χ1n) is 7.58. The molecular weight excluding hydrogens is 298 g/mol. The first-order chi connectivity index (χ1) is 11.2. The van der Waals surface area contributed by atoms with E-state index >= 15 is 0 Å². The maximum absolute atomic E-state index is 12.1. The fourth-order valence-electron chi connectivity index (χ4n) is 2.40. The van der Waals surface area contributed by atoms with Crippen LogP contribution in [0.2, 0.25) is 0 Å². The molecule has 0 aromatic carbocycles. The van der Waals surface area contributed by atoms with E-state index in [9.17, 15) is 4.79 Å². The molecule has 1 aliphatic rings. The largest absolute Gasteiger partial charge is 0.475 e. The number of carbonyl (C=O) groups excluding carboxylic acids is 1. The van der Waals surface area contributed by atoms with E-state index in [-0.39, 0.29) is 5.91 Å². The van der Waals surface area contributed by atoms with Crippen molar-refractivity contribution >= 4 is 5.91 Å². The van der Waals surface area contributed by atoms with Gasteiger partial charge in [-0.3, -0.25) is 9.69 Å². The molecule has 0 bridgehead atoms. The standard InChI is InChI=1S/C15H19N5O3/c1-12-2-3-14(18-17-12)22-11-10-19-6-8-20(9-7-19)15(21)13-4-5-16-23-13/h2-5H,6-11H2,1H3. The number of aromatic nitrogens is 3. The lowest BCUT2D eigenvalue weighted by Gasteiger charge is -2.33. The van der Waals surface area contributed by atoms with E-state index in [4.69, 9.17) is 9.26 Å². The average Bonchev–Trinajstić information content (AvgIpc) is 3.11. The molecule has 1 amide bonds.